The van der Waals surface area contributed by atoms with Crippen LogP contribution in [0.25, 0.3) is 0 Å². The topological polar surface area (TPSA) is 64.9 Å². The summed E-state index contributed by atoms with van der Waals surface area (Å²) in [5.41, 5.74) is 0.465. The number of amides is 1. The lowest BCUT2D eigenvalue weighted by Crippen LogP contribution is -2.39. The van der Waals surface area contributed by atoms with Gasteiger partial charge in [-0.05, 0) is 31.0 Å². The molecule has 0 spiro atoms. The van der Waals surface area contributed by atoms with Gasteiger partial charge in [0, 0.05) is 6.04 Å². The number of anilines is 1. The Morgan fingerprint density at radius 3 is 2.63 bits per heavy atom. The van der Waals surface area contributed by atoms with Gasteiger partial charge in [0.2, 0.25) is 5.91 Å². The molecule has 1 amide bonds. The molecule has 0 aliphatic carbocycles. The number of carbonyl (C=O) groups is 1. The van der Waals surface area contributed by atoms with Gasteiger partial charge in [-0.2, -0.15) is 5.26 Å². The van der Waals surface area contributed by atoms with Crippen LogP contribution in [0.1, 0.15) is 26.3 Å². The molecule has 0 aromatic heterocycles. The van der Waals surface area contributed by atoms with E-state index in [0.29, 0.717) is 5.92 Å². The number of rotatable bonds is 5. The molecular weight excluding hydrogens is 245 g/mol. The molecule has 0 saturated heterocycles. The van der Waals surface area contributed by atoms with Crippen molar-refractivity contribution in [3.63, 3.8) is 0 Å². The summed E-state index contributed by atoms with van der Waals surface area (Å²) in [6.45, 7) is 5.95. The average molecular weight is 263 g/mol. The van der Waals surface area contributed by atoms with Crippen LogP contribution in [-0.2, 0) is 4.79 Å². The molecule has 5 heteroatoms. The first-order valence-corrected chi connectivity index (χ1v) is 6.17. The molecule has 0 aliphatic heterocycles. The van der Waals surface area contributed by atoms with Gasteiger partial charge in [-0.3, -0.25) is 4.79 Å². The molecule has 0 saturated carbocycles. The third kappa shape index (κ3) is 4.59. The van der Waals surface area contributed by atoms with Crippen molar-refractivity contribution in [2.45, 2.75) is 26.8 Å². The first-order chi connectivity index (χ1) is 8.93. The van der Waals surface area contributed by atoms with E-state index in [1.807, 2.05) is 26.8 Å². The van der Waals surface area contributed by atoms with Gasteiger partial charge in [0.25, 0.3) is 0 Å². The van der Waals surface area contributed by atoms with Crippen LogP contribution < -0.4 is 10.6 Å². The lowest BCUT2D eigenvalue weighted by molar-refractivity contribution is -0.120. The lowest BCUT2D eigenvalue weighted by atomic mass is 10.1. The molecule has 102 valence electrons. The van der Waals surface area contributed by atoms with Crippen LogP contribution in [0.4, 0.5) is 10.1 Å². The average Bonchev–Trinajstić information content (AvgIpc) is 2.36. The third-order valence-corrected chi connectivity index (χ3v) is 2.93. The fourth-order valence-electron chi connectivity index (χ4n) is 1.38. The quantitative estimate of drug-likeness (QED) is 0.856. The minimum atomic E-state index is -0.538. The molecular formula is C14H18FN3O. The van der Waals surface area contributed by atoms with E-state index in [2.05, 4.69) is 10.6 Å². The van der Waals surface area contributed by atoms with Crippen LogP contribution in [-0.4, -0.2) is 18.5 Å². The molecule has 0 bridgehead atoms. The van der Waals surface area contributed by atoms with Gasteiger partial charge in [0.15, 0.2) is 0 Å². The van der Waals surface area contributed by atoms with Gasteiger partial charge in [0.1, 0.15) is 5.82 Å². The molecule has 1 atom stereocenters. The smallest absolute Gasteiger partial charge is 0.239 e. The Morgan fingerprint density at radius 2 is 2.11 bits per heavy atom. The first kappa shape index (κ1) is 15.0. The summed E-state index contributed by atoms with van der Waals surface area (Å²) in [4.78, 5) is 11.6. The summed E-state index contributed by atoms with van der Waals surface area (Å²) < 4.78 is 13.5. The lowest BCUT2D eigenvalue weighted by Gasteiger charge is -2.17. The second kappa shape index (κ2) is 6.74. The van der Waals surface area contributed by atoms with E-state index in [1.54, 1.807) is 0 Å². The molecule has 0 radical (unpaired) electrons. The minimum absolute atomic E-state index is 0.000119. The molecule has 4 nitrogen and oxygen atoms in total. The molecule has 0 fully saturated rings. The molecule has 19 heavy (non-hydrogen) atoms. The Kier molecular flexibility index (Phi) is 5.31. The summed E-state index contributed by atoms with van der Waals surface area (Å²) in [7, 11) is 0. The van der Waals surface area contributed by atoms with Crippen LogP contribution in [0.15, 0.2) is 18.2 Å². The molecule has 1 rings (SSSR count). The van der Waals surface area contributed by atoms with Gasteiger partial charge < -0.3 is 10.6 Å². The standard InChI is InChI=1S/C14H18FN3O/c1-9(2)10(3)18-14(19)8-17-13-5-4-11(7-16)6-12(13)15/h4-6,9-10,17H,8H2,1-3H3,(H,18,19). The van der Waals surface area contributed by atoms with Crippen LogP contribution in [0, 0.1) is 23.1 Å². The molecule has 2 N–H and O–H groups in total. The van der Waals surface area contributed by atoms with Crippen molar-refractivity contribution < 1.29 is 9.18 Å². The Morgan fingerprint density at radius 1 is 1.42 bits per heavy atom. The maximum absolute atomic E-state index is 13.5. The summed E-state index contributed by atoms with van der Waals surface area (Å²) in [5.74, 6) is -0.385. The zero-order chi connectivity index (χ0) is 14.4. The second-order valence-corrected chi connectivity index (χ2v) is 4.76. The van der Waals surface area contributed by atoms with Gasteiger partial charge in [0.05, 0.1) is 23.9 Å². The van der Waals surface area contributed by atoms with Gasteiger partial charge in [-0.15, -0.1) is 0 Å². The van der Waals surface area contributed by atoms with E-state index < -0.39 is 5.82 Å². The van der Waals surface area contributed by atoms with Crippen molar-refractivity contribution in [3.05, 3.63) is 29.6 Å². The Bertz CT molecular complexity index is 494. The van der Waals surface area contributed by atoms with E-state index >= 15 is 0 Å². The summed E-state index contributed by atoms with van der Waals surface area (Å²) in [5, 5.41) is 14.1. The molecule has 1 unspecified atom stereocenters. The van der Waals surface area contributed by atoms with E-state index in [-0.39, 0.29) is 29.7 Å². The predicted molar refractivity (Wildman–Crippen MR) is 72.0 cm³/mol. The predicted octanol–water partition coefficient (Wildman–Crippen LogP) is 2.27. The molecule has 0 heterocycles. The van der Waals surface area contributed by atoms with Gasteiger partial charge in [-0.25, -0.2) is 4.39 Å². The molecule has 1 aromatic rings. The highest BCUT2D eigenvalue weighted by Gasteiger charge is 2.11. The molecule has 1 aromatic carbocycles. The highest BCUT2D eigenvalue weighted by atomic mass is 19.1. The number of hydrogen-bond acceptors (Lipinski definition) is 3. The number of carbonyl (C=O) groups excluding carboxylic acids is 1. The van der Waals surface area contributed by atoms with Crippen LogP contribution in [0.5, 0.6) is 0 Å². The number of benzene rings is 1. The summed E-state index contributed by atoms with van der Waals surface area (Å²) in [6, 6.07) is 6.01. The van der Waals surface area contributed by atoms with E-state index in [0.717, 1.165) is 6.07 Å². The summed E-state index contributed by atoms with van der Waals surface area (Å²) in [6.07, 6.45) is 0. The second-order valence-electron chi connectivity index (χ2n) is 4.76. The van der Waals surface area contributed by atoms with Crippen molar-refractivity contribution in [1.29, 1.82) is 5.26 Å². The van der Waals surface area contributed by atoms with Gasteiger partial charge >= 0.3 is 0 Å². The van der Waals surface area contributed by atoms with Crippen molar-refractivity contribution in [1.82, 2.24) is 5.32 Å². The van der Waals surface area contributed by atoms with E-state index in [4.69, 9.17) is 5.26 Å². The first-order valence-electron chi connectivity index (χ1n) is 6.17. The van der Waals surface area contributed by atoms with Crippen molar-refractivity contribution in [3.8, 4) is 6.07 Å². The fraction of sp³-hybridized carbons (Fsp3) is 0.429. The minimum Gasteiger partial charge on any atom is -0.374 e. The zero-order valence-corrected chi connectivity index (χ0v) is 11.3. The Balaban J connectivity index is 2.53. The number of nitrogens with one attached hydrogen (secondary N) is 2. The largest absolute Gasteiger partial charge is 0.374 e. The number of halogens is 1. The van der Waals surface area contributed by atoms with Crippen molar-refractivity contribution in [2.24, 2.45) is 5.92 Å². The highest BCUT2D eigenvalue weighted by molar-refractivity contribution is 5.81. The Labute approximate surface area is 112 Å². The van der Waals surface area contributed by atoms with Crippen LogP contribution in [0.2, 0.25) is 0 Å². The number of hydrogen-bond donors (Lipinski definition) is 2. The number of nitrogens with zero attached hydrogens (tertiary/aromatic N) is 1. The van der Waals surface area contributed by atoms with E-state index in [9.17, 15) is 9.18 Å². The van der Waals surface area contributed by atoms with Gasteiger partial charge in [-0.1, -0.05) is 13.8 Å². The Hall–Kier alpha value is -2.09. The normalized spacial score (nSPS) is 11.8. The van der Waals surface area contributed by atoms with Crippen molar-refractivity contribution >= 4 is 11.6 Å². The number of nitriles is 1. The SMILES string of the molecule is CC(C)C(C)NC(=O)CNc1ccc(C#N)cc1F. The third-order valence-electron chi connectivity index (χ3n) is 2.93. The van der Waals surface area contributed by atoms with Crippen molar-refractivity contribution in [2.75, 3.05) is 11.9 Å². The van der Waals surface area contributed by atoms with E-state index in [1.165, 1.54) is 12.1 Å². The zero-order valence-electron chi connectivity index (χ0n) is 11.3. The molecule has 0 aliphatic rings. The summed E-state index contributed by atoms with van der Waals surface area (Å²) >= 11 is 0. The highest BCUT2D eigenvalue weighted by Crippen LogP contribution is 2.14. The monoisotopic (exact) mass is 263 g/mol. The van der Waals surface area contributed by atoms with Crippen LogP contribution >= 0.6 is 0 Å². The van der Waals surface area contributed by atoms with Crippen LogP contribution in [0.3, 0.4) is 0 Å². The maximum Gasteiger partial charge on any atom is 0.239 e. The fourth-order valence-corrected chi connectivity index (χ4v) is 1.38. The maximum atomic E-state index is 13.5.